The summed E-state index contributed by atoms with van der Waals surface area (Å²) in [6, 6.07) is 8.24. The summed E-state index contributed by atoms with van der Waals surface area (Å²) in [5, 5.41) is 4.65. The van der Waals surface area contributed by atoms with Crippen LogP contribution in [0.5, 0.6) is 0 Å². The fraction of sp³-hybridized carbons (Fsp3) is 0.500. The van der Waals surface area contributed by atoms with Gasteiger partial charge in [0.05, 0.1) is 17.8 Å². The third kappa shape index (κ3) is 3.92. The fourth-order valence-corrected chi connectivity index (χ4v) is 4.34. The van der Waals surface area contributed by atoms with Crippen molar-refractivity contribution >= 4 is 23.4 Å². The van der Waals surface area contributed by atoms with Crippen molar-refractivity contribution in [3.8, 4) is 0 Å². The van der Waals surface area contributed by atoms with Gasteiger partial charge in [-0.05, 0) is 44.1 Å². The van der Waals surface area contributed by atoms with Crippen molar-refractivity contribution in [1.29, 1.82) is 0 Å². The highest BCUT2D eigenvalue weighted by Gasteiger charge is 2.24. The van der Waals surface area contributed by atoms with Gasteiger partial charge in [-0.1, -0.05) is 26.0 Å². The molecular weight excluding hydrogens is 330 g/mol. The largest absolute Gasteiger partial charge is 0.311 e. The highest BCUT2D eigenvalue weighted by atomic mass is 32.2. The standard InChI is InChI=1S/C20H27N3OS/c1-14(2)13-23-16(4)17(15(3)21-23)12-20(24)22-10-7-11-25-19-9-6-5-8-18(19)22/h5-6,8-9,14H,7,10-13H2,1-4H3. The van der Waals surface area contributed by atoms with Crippen molar-refractivity contribution < 1.29 is 4.79 Å². The van der Waals surface area contributed by atoms with Gasteiger partial charge in [0.1, 0.15) is 0 Å². The molecule has 3 rings (SSSR count). The van der Waals surface area contributed by atoms with Gasteiger partial charge >= 0.3 is 0 Å². The van der Waals surface area contributed by atoms with E-state index in [4.69, 9.17) is 0 Å². The first-order valence-corrected chi connectivity index (χ1v) is 10.0. The minimum absolute atomic E-state index is 0.172. The minimum Gasteiger partial charge on any atom is -0.311 e. The molecular formula is C20H27N3OS. The van der Waals surface area contributed by atoms with E-state index in [9.17, 15) is 4.79 Å². The molecule has 0 saturated heterocycles. The summed E-state index contributed by atoms with van der Waals surface area (Å²) >= 11 is 1.84. The molecule has 25 heavy (non-hydrogen) atoms. The van der Waals surface area contributed by atoms with Crippen molar-refractivity contribution in [3.05, 3.63) is 41.2 Å². The SMILES string of the molecule is Cc1nn(CC(C)C)c(C)c1CC(=O)N1CCCSc2ccccc21. The van der Waals surface area contributed by atoms with E-state index in [2.05, 4.69) is 42.7 Å². The first-order chi connectivity index (χ1) is 12.0. The van der Waals surface area contributed by atoms with Crippen LogP contribution < -0.4 is 4.90 Å². The van der Waals surface area contributed by atoms with E-state index in [0.717, 1.165) is 47.9 Å². The molecule has 1 aromatic heterocycles. The molecule has 1 amide bonds. The van der Waals surface area contributed by atoms with Crippen LogP contribution in [0.25, 0.3) is 0 Å². The summed E-state index contributed by atoms with van der Waals surface area (Å²) in [4.78, 5) is 16.3. The molecule has 0 aliphatic carbocycles. The summed E-state index contributed by atoms with van der Waals surface area (Å²) in [5.74, 6) is 1.77. The summed E-state index contributed by atoms with van der Waals surface area (Å²) in [6.45, 7) is 10.2. The van der Waals surface area contributed by atoms with Gasteiger partial charge in [0.25, 0.3) is 0 Å². The van der Waals surface area contributed by atoms with Gasteiger partial charge in [0, 0.05) is 29.2 Å². The second-order valence-electron chi connectivity index (χ2n) is 7.12. The van der Waals surface area contributed by atoms with Crippen LogP contribution in [0.3, 0.4) is 0 Å². The van der Waals surface area contributed by atoms with E-state index in [-0.39, 0.29) is 5.91 Å². The zero-order valence-electron chi connectivity index (χ0n) is 15.6. The number of fused-ring (bicyclic) bond motifs is 1. The Bertz CT molecular complexity index is 766. The maximum Gasteiger partial charge on any atom is 0.231 e. The van der Waals surface area contributed by atoms with Crippen molar-refractivity contribution in [1.82, 2.24) is 9.78 Å². The van der Waals surface area contributed by atoms with Gasteiger partial charge in [0.2, 0.25) is 5.91 Å². The first kappa shape index (κ1) is 18.1. The molecule has 4 nitrogen and oxygen atoms in total. The van der Waals surface area contributed by atoms with Crippen LogP contribution in [0.1, 0.15) is 37.2 Å². The maximum atomic E-state index is 13.1. The number of hydrogen-bond donors (Lipinski definition) is 0. The summed E-state index contributed by atoms with van der Waals surface area (Å²) in [7, 11) is 0. The number of carbonyl (C=O) groups excluding carboxylic acids is 1. The maximum absolute atomic E-state index is 13.1. The molecule has 2 heterocycles. The molecule has 0 fully saturated rings. The fourth-order valence-electron chi connectivity index (χ4n) is 3.35. The number of anilines is 1. The molecule has 0 atom stereocenters. The molecule has 2 aromatic rings. The van der Waals surface area contributed by atoms with Gasteiger partial charge < -0.3 is 4.90 Å². The average molecular weight is 358 g/mol. The number of hydrogen-bond acceptors (Lipinski definition) is 3. The first-order valence-electron chi connectivity index (χ1n) is 9.02. The predicted molar refractivity (Wildman–Crippen MR) is 104 cm³/mol. The van der Waals surface area contributed by atoms with E-state index in [1.165, 1.54) is 4.90 Å². The van der Waals surface area contributed by atoms with E-state index in [1.54, 1.807) is 0 Å². The number of para-hydroxylation sites is 1. The normalized spacial score (nSPS) is 14.5. The predicted octanol–water partition coefficient (Wildman–Crippen LogP) is 4.23. The van der Waals surface area contributed by atoms with Crippen LogP contribution >= 0.6 is 11.8 Å². The van der Waals surface area contributed by atoms with Crippen molar-refractivity contribution in [2.75, 3.05) is 17.2 Å². The molecule has 1 aliphatic heterocycles. The molecule has 1 aromatic carbocycles. The smallest absolute Gasteiger partial charge is 0.231 e. The molecule has 0 N–H and O–H groups in total. The topological polar surface area (TPSA) is 38.1 Å². The molecule has 134 valence electrons. The molecule has 0 bridgehead atoms. The third-order valence-corrected chi connectivity index (χ3v) is 5.79. The summed E-state index contributed by atoms with van der Waals surface area (Å²) < 4.78 is 2.05. The Balaban J connectivity index is 1.84. The molecule has 0 spiro atoms. The Labute approximate surface area is 154 Å². The summed E-state index contributed by atoms with van der Waals surface area (Å²) in [5.41, 5.74) is 4.24. The number of benzene rings is 1. The number of aromatic nitrogens is 2. The van der Waals surface area contributed by atoms with Crippen LogP contribution in [-0.4, -0.2) is 28.0 Å². The lowest BCUT2D eigenvalue weighted by Gasteiger charge is -2.22. The Hall–Kier alpha value is -1.75. The second-order valence-corrected chi connectivity index (χ2v) is 8.25. The highest BCUT2D eigenvalue weighted by Crippen LogP contribution is 2.34. The number of thioether (sulfide) groups is 1. The lowest BCUT2D eigenvalue weighted by molar-refractivity contribution is -0.118. The van der Waals surface area contributed by atoms with Crippen LogP contribution in [0.2, 0.25) is 0 Å². The Morgan fingerprint density at radius 1 is 1.28 bits per heavy atom. The number of amides is 1. The van der Waals surface area contributed by atoms with E-state index in [1.807, 2.05) is 35.7 Å². The van der Waals surface area contributed by atoms with Gasteiger partial charge in [-0.3, -0.25) is 9.48 Å². The Morgan fingerprint density at radius 3 is 2.80 bits per heavy atom. The zero-order chi connectivity index (χ0) is 18.0. The molecule has 0 unspecified atom stereocenters. The van der Waals surface area contributed by atoms with Crippen molar-refractivity contribution in [2.24, 2.45) is 5.92 Å². The van der Waals surface area contributed by atoms with Gasteiger partial charge in [-0.2, -0.15) is 5.10 Å². The van der Waals surface area contributed by atoms with Gasteiger partial charge in [-0.15, -0.1) is 11.8 Å². The van der Waals surface area contributed by atoms with Gasteiger partial charge in [0.15, 0.2) is 0 Å². The van der Waals surface area contributed by atoms with Crippen LogP contribution in [0.4, 0.5) is 5.69 Å². The number of carbonyl (C=O) groups is 1. The molecule has 0 radical (unpaired) electrons. The Morgan fingerprint density at radius 2 is 2.04 bits per heavy atom. The zero-order valence-corrected chi connectivity index (χ0v) is 16.4. The lowest BCUT2D eigenvalue weighted by Crippen LogP contribution is -2.33. The van der Waals surface area contributed by atoms with E-state index in [0.29, 0.717) is 12.3 Å². The second kappa shape index (κ2) is 7.65. The minimum atomic E-state index is 0.172. The Kier molecular flexibility index (Phi) is 5.52. The number of aryl methyl sites for hydroxylation is 1. The third-order valence-electron chi connectivity index (χ3n) is 4.64. The quantitative estimate of drug-likeness (QED) is 0.822. The van der Waals surface area contributed by atoms with Crippen molar-refractivity contribution in [3.63, 3.8) is 0 Å². The molecule has 0 saturated carbocycles. The molecule has 5 heteroatoms. The lowest BCUT2D eigenvalue weighted by atomic mass is 10.1. The van der Waals surface area contributed by atoms with E-state index >= 15 is 0 Å². The summed E-state index contributed by atoms with van der Waals surface area (Å²) in [6.07, 6.45) is 1.45. The number of nitrogens with zero attached hydrogens (tertiary/aromatic N) is 3. The highest BCUT2D eigenvalue weighted by molar-refractivity contribution is 7.99. The van der Waals surface area contributed by atoms with Crippen LogP contribution in [-0.2, 0) is 17.8 Å². The molecule has 1 aliphatic rings. The van der Waals surface area contributed by atoms with Crippen molar-refractivity contribution in [2.45, 2.75) is 52.0 Å². The van der Waals surface area contributed by atoms with Crippen LogP contribution in [0.15, 0.2) is 29.2 Å². The van der Waals surface area contributed by atoms with E-state index < -0.39 is 0 Å². The van der Waals surface area contributed by atoms with Gasteiger partial charge in [-0.25, -0.2) is 0 Å². The average Bonchev–Trinajstić information content (AvgIpc) is 2.76. The monoisotopic (exact) mass is 357 g/mol. The number of rotatable bonds is 4. The van der Waals surface area contributed by atoms with Crippen LogP contribution in [0, 0.1) is 19.8 Å².